The highest BCUT2D eigenvalue weighted by Crippen LogP contribution is 2.28. The lowest BCUT2D eigenvalue weighted by Crippen LogP contribution is -2.23. The van der Waals surface area contributed by atoms with Gasteiger partial charge in [0.15, 0.2) is 11.0 Å². The Kier molecular flexibility index (Phi) is 6.42. The minimum atomic E-state index is -0.318. The summed E-state index contributed by atoms with van der Waals surface area (Å²) < 4.78 is 1.89. The fourth-order valence-corrected chi connectivity index (χ4v) is 3.77. The van der Waals surface area contributed by atoms with E-state index in [1.54, 1.807) is 0 Å². The Morgan fingerprint density at radius 3 is 2.43 bits per heavy atom. The van der Waals surface area contributed by atoms with Crippen molar-refractivity contribution in [2.75, 3.05) is 5.32 Å². The minimum Gasteiger partial charge on any atom is -0.325 e. The minimum absolute atomic E-state index is 0.0610. The van der Waals surface area contributed by atoms with Crippen LogP contribution >= 0.6 is 23.4 Å². The van der Waals surface area contributed by atoms with Crippen molar-refractivity contribution in [3.63, 3.8) is 0 Å². The molecule has 28 heavy (non-hydrogen) atoms. The number of hydrogen-bond acceptors (Lipinski definition) is 4. The Labute approximate surface area is 174 Å². The van der Waals surface area contributed by atoms with E-state index in [4.69, 9.17) is 11.6 Å². The van der Waals surface area contributed by atoms with Gasteiger partial charge in [0, 0.05) is 23.3 Å². The van der Waals surface area contributed by atoms with Crippen molar-refractivity contribution in [2.45, 2.75) is 37.1 Å². The molecule has 7 heteroatoms. The van der Waals surface area contributed by atoms with E-state index in [1.165, 1.54) is 11.8 Å². The maximum atomic E-state index is 12.7. The molecule has 146 valence electrons. The maximum absolute atomic E-state index is 12.7. The van der Waals surface area contributed by atoms with Gasteiger partial charge in [-0.2, -0.15) is 0 Å². The van der Waals surface area contributed by atoms with Crippen LogP contribution in [0.25, 0.3) is 11.4 Å². The predicted molar refractivity (Wildman–Crippen MR) is 116 cm³/mol. The molecule has 0 aliphatic rings. The fraction of sp³-hybridized carbons (Fsp3) is 0.286. The second-order valence-corrected chi connectivity index (χ2v) is 8.61. The Bertz CT molecular complexity index is 969. The summed E-state index contributed by atoms with van der Waals surface area (Å²) in [6.07, 6.45) is 0. The lowest BCUT2D eigenvalue weighted by molar-refractivity contribution is -0.115. The molecule has 0 saturated carbocycles. The molecule has 1 N–H and O–H groups in total. The van der Waals surface area contributed by atoms with Gasteiger partial charge in [-0.1, -0.05) is 55.4 Å². The molecule has 1 amide bonds. The first-order valence-electron chi connectivity index (χ1n) is 9.08. The third-order valence-corrected chi connectivity index (χ3v) is 5.82. The van der Waals surface area contributed by atoms with Crippen molar-refractivity contribution in [1.82, 2.24) is 14.8 Å². The van der Waals surface area contributed by atoms with E-state index in [9.17, 15) is 4.79 Å². The van der Waals surface area contributed by atoms with Crippen LogP contribution in [0.1, 0.15) is 32.3 Å². The van der Waals surface area contributed by atoms with Gasteiger partial charge < -0.3 is 9.88 Å². The van der Waals surface area contributed by atoms with Crippen LogP contribution < -0.4 is 5.32 Å². The number of nitrogens with one attached hydrogen (secondary N) is 1. The molecule has 1 heterocycles. The van der Waals surface area contributed by atoms with E-state index in [0.29, 0.717) is 16.1 Å². The summed E-state index contributed by atoms with van der Waals surface area (Å²) in [5.74, 6) is 1.01. The van der Waals surface area contributed by atoms with E-state index < -0.39 is 0 Å². The van der Waals surface area contributed by atoms with Crippen LogP contribution in [0.15, 0.2) is 53.7 Å². The number of hydrogen-bond donors (Lipinski definition) is 1. The molecule has 3 aromatic rings. The van der Waals surface area contributed by atoms with Gasteiger partial charge in [-0.15, -0.1) is 10.2 Å². The van der Waals surface area contributed by atoms with Crippen molar-refractivity contribution in [1.29, 1.82) is 0 Å². The smallest absolute Gasteiger partial charge is 0.237 e. The van der Waals surface area contributed by atoms with E-state index >= 15 is 0 Å². The second-order valence-electron chi connectivity index (χ2n) is 6.86. The van der Waals surface area contributed by atoms with Gasteiger partial charge in [-0.05, 0) is 48.7 Å². The summed E-state index contributed by atoms with van der Waals surface area (Å²) in [6, 6.07) is 15.3. The zero-order valence-corrected chi connectivity index (χ0v) is 17.9. The van der Waals surface area contributed by atoms with E-state index in [1.807, 2.05) is 67.1 Å². The Morgan fingerprint density at radius 2 is 1.75 bits per heavy atom. The predicted octanol–water partition coefficient (Wildman–Crippen LogP) is 5.38. The first-order chi connectivity index (χ1) is 13.4. The number of amides is 1. The van der Waals surface area contributed by atoms with Crippen LogP contribution in [0.3, 0.4) is 0 Å². The van der Waals surface area contributed by atoms with Crippen LogP contribution in [0.2, 0.25) is 5.02 Å². The number of thioether (sulfide) groups is 1. The van der Waals surface area contributed by atoms with Gasteiger partial charge in [0.05, 0.1) is 5.25 Å². The largest absolute Gasteiger partial charge is 0.325 e. The third kappa shape index (κ3) is 4.56. The average Bonchev–Trinajstić information content (AvgIpc) is 3.03. The first kappa shape index (κ1) is 20.4. The highest BCUT2D eigenvalue weighted by atomic mass is 35.5. The molecule has 0 unspecified atom stereocenters. The number of carbonyl (C=O) groups excluding carboxylic acids is 1. The van der Waals surface area contributed by atoms with Crippen LogP contribution in [0.5, 0.6) is 0 Å². The van der Waals surface area contributed by atoms with Gasteiger partial charge in [0.1, 0.15) is 0 Å². The van der Waals surface area contributed by atoms with Crippen LogP contribution in [-0.2, 0) is 11.8 Å². The van der Waals surface area contributed by atoms with Crippen LogP contribution in [0, 0.1) is 0 Å². The summed E-state index contributed by atoms with van der Waals surface area (Å²) in [6.45, 7) is 6.09. The fourth-order valence-electron chi connectivity index (χ4n) is 2.83. The molecule has 2 aromatic carbocycles. The van der Waals surface area contributed by atoms with Crippen LogP contribution in [-0.4, -0.2) is 25.9 Å². The molecular formula is C21H23ClN4OS. The summed E-state index contributed by atoms with van der Waals surface area (Å²) in [5.41, 5.74) is 2.90. The second kappa shape index (κ2) is 8.80. The maximum Gasteiger partial charge on any atom is 0.237 e. The molecule has 1 aromatic heterocycles. The van der Waals surface area contributed by atoms with Gasteiger partial charge in [-0.3, -0.25) is 4.79 Å². The number of carbonyl (C=O) groups is 1. The highest BCUT2D eigenvalue weighted by molar-refractivity contribution is 8.00. The number of benzene rings is 2. The monoisotopic (exact) mass is 414 g/mol. The number of para-hydroxylation sites is 1. The standard InChI is InChI=1S/C21H23ClN4OS/c1-13(2)17-7-5-6-8-18(17)23-20(27)14(3)28-21-25-24-19(26(21)4)15-9-11-16(22)12-10-15/h5-14H,1-4H3,(H,23,27)/t14-/m1/s1. The highest BCUT2D eigenvalue weighted by Gasteiger charge is 2.20. The van der Waals surface area contributed by atoms with Crippen molar-refractivity contribution < 1.29 is 4.79 Å². The first-order valence-corrected chi connectivity index (χ1v) is 10.3. The van der Waals surface area contributed by atoms with Gasteiger partial charge in [0.2, 0.25) is 5.91 Å². The van der Waals surface area contributed by atoms with E-state index in [-0.39, 0.29) is 11.2 Å². The molecule has 3 rings (SSSR count). The Morgan fingerprint density at radius 1 is 1.07 bits per heavy atom. The Balaban J connectivity index is 1.72. The van der Waals surface area contributed by atoms with Gasteiger partial charge >= 0.3 is 0 Å². The molecule has 5 nitrogen and oxygen atoms in total. The topological polar surface area (TPSA) is 59.8 Å². The van der Waals surface area contributed by atoms with E-state index in [2.05, 4.69) is 29.4 Å². The number of anilines is 1. The molecule has 0 spiro atoms. The zero-order chi connectivity index (χ0) is 20.3. The molecule has 0 fully saturated rings. The Hall–Kier alpha value is -2.31. The van der Waals surface area contributed by atoms with Crippen LogP contribution in [0.4, 0.5) is 5.69 Å². The lowest BCUT2D eigenvalue weighted by Gasteiger charge is -2.16. The summed E-state index contributed by atoms with van der Waals surface area (Å²) >= 11 is 7.34. The van der Waals surface area contributed by atoms with Crippen molar-refractivity contribution in [3.05, 3.63) is 59.1 Å². The summed E-state index contributed by atoms with van der Waals surface area (Å²) in [4.78, 5) is 12.7. The van der Waals surface area contributed by atoms with Crippen molar-refractivity contribution in [2.24, 2.45) is 7.05 Å². The van der Waals surface area contributed by atoms with Crippen molar-refractivity contribution >= 4 is 35.0 Å². The normalized spacial score (nSPS) is 12.2. The molecule has 0 aliphatic carbocycles. The zero-order valence-electron chi connectivity index (χ0n) is 16.3. The number of rotatable bonds is 6. The number of halogens is 1. The molecular weight excluding hydrogens is 392 g/mol. The summed E-state index contributed by atoms with van der Waals surface area (Å²) in [7, 11) is 1.89. The lowest BCUT2D eigenvalue weighted by atomic mass is 10.0. The number of nitrogens with zero attached hydrogens (tertiary/aromatic N) is 3. The molecule has 0 aliphatic heterocycles. The molecule has 0 bridgehead atoms. The van der Waals surface area contributed by atoms with Gasteiger partial charge in [-0.25, -0.2) is 0 Å². The third-order valence-electron chi connectivity index (χ3n) is 4.43. The quantitative estimate of drug-likeness (QED) is 0.550. The molecule has 0 saturated heterocycles. The number of aromatic nitrogens is 3. The van der Waals surface area contributed by atoms with Crippen molar-refractivity contribution in [3.8, 4) is 11.4 Å². The molecule has 0 radical (unpaired) electrons. The molecule has 1 atom stereocenters. The SMILES string of the molecule is CC(C)c1ccccc1NC(=O)[C@@H](C)Sc1nnc(-c2ccc(Cl)cc2)n1C. The average molecular weight is 415 g/mol. The van der Waals surface area contributed by atoms with Gasteiger partial charge in [0.25, 0.3) is 0 Å². The summed E-state index contributed by atoms with van der Waals surface area (Å²) in [5, 5.41) is 12.6. The van der Waals surface area contributed by atoms with E-state index in [0.717, 1.165) is 22.6 Å².